The van der Waals surface area contributed by atoms with Crippen molar-refractivity contribution < 1.29 is 18.3 Å². The molecule has 9 nitrogen and oxygen atoms in total. The van der Waals surface area contributed by atoms with E-state index in [1.54, 1.807) is 35.4 Å². The van der Waals surface area contributed by atoms with Gasteiger partial charge in [0.2, 0.25) is 5.91 Å². The number of halogens is 2. The molecule has 1 saturated heterocycles. The summed E-state index contributed by atoms with van der Waals surface area (Å²) in [7, 11) is 0. The van der Waals surface area contributed by atoms with Gasteiger partial charge in [0.05, 0.1) is 33.0 Å². The number of aromatic nitrogens is 3. The Morgan fingerprint density at radius 2 is 2.05 bits per heavy atom. The number of carbonyl (C=O) groups is 1. The first kappa shape index (κ1) is 25.5. The Balaban J connectivity index is 1.70. The lowest BCUT2D eigenvalue weighted by Gasteiger charge is -2.40. The van der Waals surface area contributed by atoms with Gasteiger partial charge < -0.3 is 19.0 Å². The third-order valence-corrected chi connectivity index (χ3v) is 8.24. The molecule has 2 bridgehead atoms. The van der Waals surface area contributed by atoms with E-state index in [0.29, 0.717) is 64.3 Å². The maximum atomic E-state index is 15.6. The maximum Gasteiger partial charge on any atom is 0.354 e. The van der Waals surface area contributed by atoms with E-state index in [2.05, 4.69) is 16.5 Å². The number of nitrogens with zero attached hydrogens (tertiary/aromatic N) is 5. The minimum absolute atomic E-state index is 0.0825. The molecule has 1 amide bonds. The van der Waals surface area contributed by atoms with Gasteiger partial charge in [0, 0.05) is 37.3 Å². The predicted molar refractivity (Wildman–Crippen MR) is 155 cm³/mol. The highest BCUT2D eigenvalue weighted by atomic mass is 35.5. The fourth-order valence-corrected chi connectivity index (χ4v) is 6.29. The van der Waals surface area contributed by atoms with Crippen LogP contribution in [0.4, 0.5) is 10.2 Å². The average Bonchev–Trinajstić information content (AvgIpc) is 3.08. The molecule has 0 spiro atoms. The Morgan fingerprint density at radius 3 is 2.83 bits per heavy atom. The van der Waals surface area contributed by atoms with Gasteiger partial charge in [0.15, 0.2) is 11.3 Å². The summed E-state index contributed by atoms with van der Waals surface area (Å²) in [4.78, 5) is 39.3. The summed E-state index contributed by atoms with van der Waals surface area (Å²) in [6, 6.07) is 7.60. The number of amides is 1. The van der Waals surface area contributed by atoms with Crippen LogP contribution in [0.3, 0.4) is 0 Å². The lowest BCUT2D eigenvalue weighted by atomic mass is 10.1. The molecule has 2 aromatic carbocycles. The quantitative estimate of drug-likeness (QED) is 0.267. The Kier molecular flexibility index (Phi) is 5.79. The van der Waals surface area contributed by atoms with Crippen LogP contribution in [0.25, 0.3) is 38.4 Å². The number of pyridine rings is 1. The highest BCUT2D eigenvalue weighted by Gasteiger charge is 2.36. The van der Waals surface area contributed by atoms with Gasteiger partial charge >= 0.3 is 5.69 Å². The third-order valence-electron chi connectivity index (χ3n) is 7.87. The first-order chi connectivity index (χ1) is 19.8. The SMILES string of the molecule is C=CC(=O)N1CCN2c3nc(=O)n4c5cc(c(Cl)c(c35)OCC2C1)c1c(F)cccc1oc1ccnc(C(C)C)c14. The number of hydrogen-bond donors (Lipinski definition) is 0. The first-order valence-corrected chi connectivity index (χ1v) is 13.7. The van der Waals surface area contributed by atoms with E-state index in [0.717, 1.165) is 0 Å². The van der Waals surface area contributed by atoms with Crippen LogP contribution in [-0.2, 0) is 4.79 Å². The van der Waals surface area contributed by atoms with E-state index in [-0.39, 0.29) is 40.5 Å². The second-order valence-electron chi connectivity index (χ2n) is 10.6. The van der Waals surface area contributed by atoms with Gasteiger partial charge in [-0.3, -0.25) is 14.2 Å². The van der Waals surface area contributed by atoms with Crippen LogP contribution in [0, 0.1) is 5.82 Å². The lowest BCUT2D eigenvalue weighted by molar-refractivity contribution is -0.126. The Hall–Kier alpha value is -4.44. The Bertz CT molecular complexity index is 2040. The monoisotopic (exact) mass is 573 g/mol. The van der Waals surface area contributed by atoms with E-state index in [1.807, 2.05) is 18.7 Å². The van der Waals surface area contributed by atoms with Crippen molar-refractivity contribution in [3.05, 3.63) is 76.2 Å². The van der Waals surface area contributed by atoms with Gasteiger partial charge in [-0.25, -0.2) is 9.18 Å². The van der Waals surface area contributed by atoms with E-state index < -0.39 is 11.5 Å². The Morgan fingerprint density at radius 1 is 1.22 bits per heavy atom. The van der Waals surface area contributed by atoms with Crippen LogP contribution < -0.4 is 15.3 Å². The van der Waals surface area contributed by atoms with Crippen LogP contribution in [0.5, 0.6) is 5.75 Å². The van der Waals surface area contributed by atoms with Crippen molar-refractivity contribution in [2.45, 2.75) is 25.8 Å². The zero-order chi connectivity index (χ0) is 28.6. The summed E-state index contributed by atoms with van der Waals surface area (Å²) in [5, 5.41) is 1.17. The molecule has 1 fully saturated rings. The summed E-state index contributed by atoms with van der Waals surface area (Å²) < 4.78 is 29.8. The smallest absolute Gasteiger partial charge is 0.354 e. The van der Waals surface area contributed by atoms with Crippen molar-refractivity contribution in [2.75, 3.05) is 31.1 Å². The number of rotatable bonds is 2. The number of carbonyl (C=O) groups excluding carboxylic acids is 1. The number of benzene rings is 2. The summed E-state index contributed by atoms with van der Waals surface area (Å²) in [6.07, 6.45) is 2.89. The zero-order valence-corrected chi connectivity index (χ0v) is 23.1. The molecule has 0 radical (unpaired) electrons. The summed E-state index contributed by atoms with van der Waals surface area (Å²) in [5.74, 6) is -0.103. The van der Waals surface area contributed by atoms with Crippen molar-refractivity contribution in [1.82, 2.24) is 19.3 Å². The molecule has 2 aliphatic rings. The molecule has 1 unspecified atom stereocenters. The van der Waals surface area contributed by atoms with E-state index >= 15 is 4.39 Å². The van der Waals surface area contributed by atoms with Crippen molar-refractivity contribution in [2.24, 2.45) is 0 Å². The van der Waals surface area contributed by atoms with Gasteiger partial charge in [-0.15, -0.1) is 0 Å². The molecular formula is C30H25ClFN5O4. The minimum Gasteiger partial charge on any atom is -0.489 e. The number of piperazine rings is 1. The number of fused-ring (bicyclic) bond motifs is 7. The van der Waals surface area contributed by atoms with E-state index in [9.17, 15) is 9.59 Å². The van der Waals surface area contributed by atoms with Crippen LogP contribution in [0.1, 0.15) is 25.5 Å². The molecule has 0 N–H and O–H groups in total. The van der Waals surface area contributed by atoms with E-state index in [1.165, 1.54) is 16.5 Å². The predicted octanol–water partition coefficient (Wildman–Crippen LogP) is 5.22. The highest BCUT2D eigenvalue weighted by molar-refractivity contribution is 6.39. The molecule has 7 rings (SSSR count). The molecule has 2 aliphatic heterocycles. The standard InChI is InChI=1S/C30H25ClFN5O4/c1-4-22(38)35-10-11-36-16(13-35)14-40-28-24-19-12-17(25(28)31)23-18(32)6-5-7-20(23)41-21-8-9-33-26(15(2)3)27(21)37(19)30(39)34-29(24)36/h4-9,12,15-16H,1,10-11,13-14H2,2-3H3. The second kappa shape index (κ2) is 9.31. The molecule has 41 heavy (non-hydrogen) atoms. The fraction of sp³-hybridized carbons (Fsp3) is 0.267. The van der Waals surface area contributed by atoms with Crippen LogP contribution >= 0.6 is 11.6 Å². The number of anilines is 1. The number of hydrogen-bond acceptors (Lipinski definition) is 7. The summed E-state index contributed by atoms with van der Waals surface area (Å²) in [6.45, 7) is 8.91. The van der Waals surface area contributed by atoms with Gasteiger partial charge in [-0.05, 0) is 30.2 Å². The molecule has 11 heteroatoms. The molecular weight excluding hydrogens is 549 g/mol. The summed E-state index contributed by atoms with van der Waals surface area (Å²) in [5.41, 5.74) is 1.49. The van der Waals surface area contributed by atoms with Crippen molar-refractivity contribution in [3.8, 4) is 5.75 Å². The lowest BCUT2D eigenvalue weighted by Crippen LogP contribution is -2.56. The van der Waals surface area contributed by atoms with Crippen LogP contribution in [-0.4, -0.2) is 57.5 Å². The van der Waals surface area contributed by atoms with Gasteiger partial charge in [-0.1, -0.05) is 38.1 Å². The molecule has 0 saturated carbocycles. The molecule has 5 aromatic rings. The maximum absolute atomic E-state index is 15.6. The molecule has 5 heterocycles. The molecule has 0 aliphatic carbocycles. The minimum atomic E-state index is -0.553. The topological polar surface area (TPSA) is 93.2 Å². The second-order valence-corrected chi connectivity index (χ2v) is 11.0. The summed E-state index contributed by atoms with van der Waals surface area (Å²) >= 11 is 7.04. The highest BCUT2D eigenvalue weighted by Crippen LogP contribution is 2.45. The molecule has 1 atom stereocenters. The number of ether oxygens (including phenoxy) is 1. The van der Waals surface area contributed by atoms with Crippen molar-refractivity contribution >= 4 is 61.7 Å². The molecule has 3 aromatic heterocycles. The Labute approximate surface area is 238 Å². The van der Waals surface area contributed by atoms with Crippen LogP contribution in [0.2, 0.25) is 5.02 Å². The first-order valence-electron chi connectivity index (χ1n) is 13.3. The van der Waals surface area contributed by atoms with Gasteiger partial charge in [-0.2, -0.15) is 4.98 Å². The largest absolute Gasteiger partial charge is 0.489 e. The zero-order valence-electron chi connectivity index (χ0n) is 22.4. The third kappa shape index (κ3) is 3.73. The van der Waals surface area contributed by atoms with Crippen molar-refractivity contribution in [1.29, 1.82) is 0 Å². The average molecular weight is 574 g/mol. The molecule has 208 valence electrons. The normalized spacial score (nSPS) is 16.8. The van der Waals surface area contributed by atoms with Gasteiger partial charge in [0.25, 0.3) is 0 Å². The fourth-order valence-electron chi connectivity index (χ4n) is 5.99. The van der Waals surface area contributed by atoms with E-state index in [4.69, 9.17) is 20.8 Å². The van der Waals surface area contributed by atoms with Crippen molar-refractivity contribution in [3.63, 3.8) is 0 Å². The van der Waals surface area contributed by atoms with Crippen LogP contribution in [0.15, 0.2) is 58.4 Å². The van der Waals surface area contributed by atoms with Gasteiger partial charge in [0.1, 0.15) is 29.3 Å².